The van der Waals surface area contributed by atoms with Gasteiger partial charge in [0, 0.05) is 24.1 Å². The second-order valence-corrected chi connectivity index (χ2v) is 6.16. The number of ether oxygens (including phenoxy) is 1. The number of hydrogen-bond donors (Lipinski definition) is 1. The van der Waals surface area contributed by atoms with Crippen LogP contribution >= 0.6 is 15.9 Å². The molecule has 2 rings (SSSR count). The molecule has 1 aromatic rings. The molecule has 0 aliphatic carbocycles. The number of nitrogens with one attached hydrogen (secondary N) is 1. The fourth-order valence-electron chi connectivity index (χ4n) is 2.62. The summed E-state index contributed by atoms with van der Waals surface area (Å²) < 4.78 is 7.21. The van der Waals surface area contributed by atoms with E-state index in [0.717, 1.165) is 19.6 Å². The van der Waals surface area contributed by atoms with Crippen molar-refractivity contribution in [3.05, 3.63) is 34.3 Å². The van der Waals surface area contributed by atoms with Crippen LogP contribution in [0.3, 0.4) is 0 Å². The molecule has 4 heteroatoms. The quantitative estimate of drug-likeness (QED) is 0.869. The first-order valence-electron chi connectivity index (χ1n) is 6.91. The summed E-state index contributed by atoms with van der Waals surface area (Å²) in [4.78, 5) is 2.34. The highest BCUT2D eigenvalue weighted by molar-refractivity contribution is 9.10. The molecule has 3 nitrogen and oxygen atoms in total. The van der Waals surface area contributed by atoms with Gasteiger partial charge in [-0.3, -0.25) is 4.90 Å². The average molecular weight is 327 g/mol. The van der Waals surface area contributed by atoms with E-state index in [2.05, 4.69) is 57.5 Å². The minimum atomic E-state index is 0.380. The van der Waals surface area contributed by atoms with E-state index in [4.69, 9.17) is 4.74 Å². The molecule has 19 heavy (non-hydrogen) atoms. The van der Waals surface area contributed by atoms with E-state index >= 15 is 0 Å². The zero-order valence-corrected chi connectivity index (χ0v) is 13.3. The fourth-order valence-corrected chi connectivity index (χ4v) is 3.03. The van der Waals surface area contributed by atoms with Gasteiger partial charge < -0.3 is 10.1 Å². The Morgan fingerprint density at radius 3 is 2.79 bits per heavy atom. The Morgan fingerprint density at radius 2 is 2.05 bits per heavy atom. The van der Waals surface area contributed by atoms with Gasteiger partial charge in [0.1, 0.15) is 0 Å². The van der Waals surface area contributed by atoms with Crippen LogP contribution in [0.1, 0.15) is 18.4 Å². The third-order valence-corrected chi connectivity index (χ3v) is 4.31. The van der Waals surface area contributed by atoms with Crippen LogP contribution < -0.4 is 5.32 Å². The van der Waals surface area contributed by atoms with Crippen molar-refractivity contribution in [3.8, 4) is 0 Å². The van der Waals surface area contributed by atoms with Crippen molar-refractivity contribution in [2.24, 2.45) is 0 Å². The molecule has 1 aliphatic rings. The molecule has 0 saturated carbocycles. The summed E-state index contributed by atoms with van der Waals surface area (Å²) >= 11 is 3.60. The number of rotatable bonds is 6. The molecule has 0 aromatic heterocycles. The Morgan fingerprint density at radius 1 is 1.32 bits per heavy atom. The maximum atomic E-state index is 6.02. The zero-order chi connectivity index (χ0) is 13.7. The molecule has 2 atom stereocenters. The molecule has 1 heterocycles. The number of hydrogen-bond acceptors (Lipinski definition) is 3. The summed E-state index contributed by atoms with van der Waals surface area (Å²) in [6, 6.07) is 8.40. The lowest BCUT2D eigenvalue weighted by atomic mass is 10.1. The highest BCUT2D eigenvalue weighted by atomic mass is 79.9. The summed E-state index contributed by atoms with van der Waals surface area (Å²) in [5.41, 5.74) is 1.33. The topological polar surface area (TPSA) is 24.5 Å². The second-order valence-electron chi connectivity index (χ2n) is 5.30. The third-order valence-electron chi connectivity index (χ3n) is 3.54. The van der Waals surface area contributed by atoms with Gasteiger partial charge in [0.05, 0.1) is 12.2 Å². The number of halogens is 1. The van der Waals surface area contributed by atoms with Crippen LogP contribution in [-0.4, -0.2) is 44.3 Å². The van der Waals surface area contributed by atoms with Crippen LogP contribution in [0.5, 0.6) is 0 Å². The first-order chi connectivity index (χ1) is 9.19. The van der Waals surface area contributed by atoms with E-state index in [1.54, 1.807) is 0 Å². The molecular formula is C15H23BrN2O. The largest absolute Gasteiger partial charge is 0.372 e. The first kappa shape index (κ1) is 15.0. The maximum Gasteiger partial charge on any atom is 0.0707 e. The average Bonchev–Trinajstić information content (AvgIpc) is 2.80. The molecule has 1 N–H and O–H groups in total. The number of likely N-dealkylation sites (N-methyl/N-ethyl adjacent to an activating group) is 2. The van der Waals surface area contributed by atoms with Crippen LogP contribution in [-0.2, 0) is 11.3 Å². The summed E-state index contributed by atoms with van der Waals surface area (Å²) in [7, 11) is 4.14. The number of nitrogens with zero attached hydrogens (tertiary/aromatic N) is 1. The molecule has 106 valence electrons. The van der Waals surface area contributed by atoms with Gasteiger partial charge in [-0.2, -0.15) is 0 Å². The normalized spacial score (nSPS) is 23.2. The van der Waals surface area contributed by atoms with Crippen molar-refractivity contribution in [1.82, 2.24) is 10.2 Å². The van der Waals surface area contributed by atoms with E-state index in [1.165, 1.54) is 22.9 Å². The highest BCUT2D eigenvalue weighted by Crippen LogP contribution is 2.21. The molecule has 0 bridgehead atoms. The molecule has 0 radical (unpaired) electrons. The molecule has 0 amide bonds. The standard InChI is InChI=1S/C15H23BrN2O/c1-17-9-13-7-8-14(19-13)11-18(2)10-12-5-3-4-6-15(12)16/h3-6,13-14,17H,7-11H2,1-2H3. The van der Waals surface area contributed by atoms with Crippen LogP contribution in [0.2, 0.25) is 0 Å². The fraction of sp³-hybridized carbons (Fsp3) is 0.600. The van der Waals surface area contributed by atoms with E-state index in [-0.39, 0.29) is 0 Å². The Bertz CT molecular complexity index is 399. The monoisotopic (exact) mass is 326 g/mol. The van der Waals surface area contributed by atoms with Crippen molar-refractivity contribution < 1.29 is 4.74 Å². The minimum Gasteiger partial charge on any atom is -0.372 e. The lowest BCUT2D eigenvalue weighted by Gasteiger charge is -2.22. The predicted octanol–water partition coefficient (Wildman–Crippen LogP) is 2.65. The Kier molecular flexibility index (Phi) is 5.82. The molecular weight excluding hydrogens is 304 g/mol. The SMILES string of the molecule is CNCC1CCC(CN(C)Cc2ccccc2Br)O1. The van der Waals surface area contributed by atoms with Gasteiger partial charge >= 0.3 is 0 Å². The molecule has 0 spiro atoms. The van der Waals surface area contributed by atoms with Gasteiger partial charge in [-0.05, 0) is 38.6 Å². The summed E-state index contributed by atoms with van der Waals surface area (Å²) in [5, 5.41) is 3.19. The highest BCUT2D eigenvalue weighted by Gasteiger charge is 2.25. The van der Waals surface area contributed by atoms with Crippen LogP contribution in [0.4, 0.5) is 0 Å². The zero-order valence-electron chi connectivity index (χ0n) is 11.7. The predicted molar refractivity (Wildman–Crippen MR) is 82.3 cm³/mol. The van der Waals surface area contributed by atoms with Crippen LogP contribution in [0, 0.1) is 0 Å². The Balaban J connectivity index is 1.79. The summed E-state index contributed by atoms with van der Waals surface area (Å²) in [6.45, 7) is 2.92. The van der Waals surface area contributed by atoms with Gasteiger partial charge in [-0.15, -0.1) is 0 Å². The maximum absolute atomic E-state index is 6.02. The van der Waals surface area contributed by atoms with Crippen molar-refractivity contribution >= 4 is 15.9 Å². The smallest absolute Gasteiger partial charge is 0.0707 e. The van der Waals surface area contributed by atoms with Gasteiger partial charge in [0.15, 0.2) is 0 Å². The van der Waals surface area contributed by atoms with Crippen molar-refractivity contribution in [1.29, 1.82) is 0 Å². The Hall–Kier alpha value is -0.420. The summed E-state index contributed by atoms with van der Waals surface area (Å²) in [6.07, 6.45) is 3.12. The van der Waals surface area contributed by atoms with Gasteiger partial charge in [0.2, 0.25) is 0 Å². The van der Waals surface area contributed by atoms with Gasteiger partial charge in [-0.1, -0.05) is 34.1 Å². The van der Waals surface area contributed by atoms with Crippen molar-refractivity contribution in [3.63, 3.8) is 0 Å². The minimum absolute atomic E-state index is 0.380. The first-order valence-corrected chi connectivity index (χ1v) is 7.70. The molecule has 1 saturated heterocycles. The Labute approximate surface area is 124 Å². The number of benzene rings is 1. The van der Waals surface area contributed by atoms with E-state index in [0.29, 0.717) is 12.2 Å². The van der Waals surface area contributed by atoms with Crippen LogP contribution in [0.25, 0.3) is 0 Å². The van der Waals surface area contributed by atoms with E-state index in [1.807, 2.05) is 7.05 Å². The molecule has 1 fully saturated rings. The van der Waals surface area contributed by atoms with Gasteiger partial charge in [-0.25, -0.2) is 0 Å². The van der Waals surface area contributed by atoms with Crippen LogP contribution in [0.15, 0.2) is 28.7 Å². The molecule has 1 aromatic carbocycles. The molecule has 1 aliphatic heterocycles. The lowest BCUT2D eigenvalue weighted by molar-refractivity contribution is 0.0275. The van der Waals surface area contributed by atoms with Crippen molar-refractivity contribution in [2.45, 2.75) is 31.6 Å². The van der Waals surface area contributed by atoms with E-state index < -0.39 is 0 Å². The third kappa shape index (κ3) is 4.56. The summed E-state index contributed by atoms with van der Waals surface area (Å²) in [5.74, 6) is 0. The van der Waals surface area contributed by atoms with Gasteiger partial charge in [0.25, 0.3) is 0 Å². The lowest BCUT2D eigenvalue weighted by Crippen LogP contribution is -2.31. The van der Waals surface area contributed by atoms with E-state index in [9.17, 15) is 0 Å². The second kappa shape index (κ2) is 7.39. The van der Waals surface area contributed by atoms with Crippen molar-refractivity contribution in [2.75, 3.05) is 27.2 Å². The molecule has 2 unspecified atom stereocenters.